The number of nitro benzene ring substituents is 1. The fourth-order valence-electron chi connectivity index (χ4n) is 2.83. The van der Waals surface area contributed by atoms with Crippen LogP contribution in [0.1, 0.15) is 24.0 Å². The van der Waals surface area contributed by atoms with Gasteiger partial charge in [-0.3, -0.25) is 10.1 Å². The maximum Gasteiger partial charge on any atom is 0.273 e. The minimum absolute atomic E-state index is 0. The topological polar surface area (TPSA) is 92.6 Å². The lowest BCUT2D eigenvalue weighted by Gasteiger charge is -2.32. The van der Waals surface area contributed by atoms with Crippen LogP contribution < -0.4 is 5.32 Å². The van der Waals surface area contributed by atoms with Gasteiger partial charge in [0.2, 0.25) is 10.0 Å². The Bertz CT molecular complexity index is 694. The molecule has 1 heterocycles. The average molecular weight is 364 g/mol. The third-order valence-corrected chi connectivity index (χ3v) is 6.11. The van der Waals surface area contributed by atoms with Crippen molar-refractivity contribution in [2.45, 2.75) is 37.6 Å². The van der Waals surface area contributed by atoms with E-state index in [1.54, 1.807) is 19.9 Å². The number of hydrogen-bond donors (Lipinski definition) is 1. The number of halogens is 1. The highest BCUT2D eigenvalue weighted by atomic mass is 35.5. The Morgan fingerprint density at radius 2 is 1.96 bits per heavy atom. The molecule has 1 N–H and O–H groups in total. The number of nitrogens with zero attached hydrogens (tertiary/aromatic N) is 2. The van der Waals surface area contributed by atoms with Gasteiger partial charge in [0.1, 0.15) is 0 Å². The monoisotopic (exact) mass is 363 g/mol. The van der Waals surface area contributed by atoms with Gasteiger partial charge in [-0.1, -0.05) is 0 Å². The maximum absolute atomic E-state index is 12.8. The second-order valence-electron chi connectivity index (χ2n) is 5.65. The summed E-state index contributed by atoms with van der Waals surface area (Å²) in [4.78, 5) is 10.6. The number of benzene rings is 1. The number of likely N-dealkylation sites (N-methyl/N-ethyl adjacent to an activating group) is 1. The van der Waals surface area contributed by atoms with E-state index in [0.717, 1.165) is 12.8 Å². The van der Waals surface area contributed by atoms with E-state index < -0.39 is 14.9 Å². The highest BCUT2D eigenvalue weighted by Gasteiger charge is 2.32. The van der Waals surface area contributed by atoms with Crippen LogP contribution in [0.3, 0.4) is 0 Å². The molecular weight excluding hydrogens is 342 g/mol. The summed E-state index contributed by atoms with van der Waals surface area (Å²) in [5, 5.41) is 14.2. The molecule has 0 saturated carbocycles. The van der Waals surface area contributed by atoms with Crippen LogP contribution >= 0.6 is 12.4 Å². The van der Waals surface area contributed by atoms with Crippen LogP contribution in [0.5, 0.6) is 0 Å². The fourth-order valence-corrected chi connectivity index (χ4v) is 4.58. The molecule has 23 heavy (non-hydrogen) atoms. The van der Waals surface area contributed by atoms with Gasteiger partial charge < -0.3 is 5.32 Å². The van der Waals surface area contributed by atoms with Gasteiger partial charge >= 0.3 is 0 Å². The molecule has 0 amide bonds. The zero-order valence-corrected chi connectivity index (χ0v) is 15.0. The fraction of sp³-hybridized carbons (Fsp3) is 0.571. The van der Waals surface area contributed by atoms with Crippen molar-refractivity contribution in [3.63, 3.8) is 0 Å². The average Bonchev–Trinajstić information content (AvgIpc) is 2.46. The van der Waals surface area contributed by atoms with E-state index in [4.69, 9.17) is 0 Å². The van der Waals surface area contributed by atoms with Crippen molar-refractivity contribution in [2.24, 2.45) is 0 Å². The molecule has 1 aliphatic heterocycles. The molecule has 1 aliphatic rings. The number of nitro groups is 1. The number of aryl methyl sites for hydroxylation is 2. The predicted molar refractivity (Wildman–Crippen MR) is 90.7 cm³/mol. The molecule has 130 valence electrons. The molecule has 0 aliphatic carbocycles. The Labute approximate surface area is 142 Å². The Balaban J connectivity index is 0.00000264. The zero-order valence-electron chi connectivity index (χ0n) is 13.4. The standard InChI is InChI=1S/C14H21N3O4S.ClH/c1-10-7-11(2)14(8-13(10)17(18)19)22(20,21)16-6-4-5-12(9-16)15-3;/h7-8,12,15H,4-6,9H2,1-3H3;1H. The van der Waals surface area contributed by atoms with Crippen molar-refractivity contribution >= 4 is 28.1 Å². The first kappa shape index (κ1) is 19.8. The van der Waals surface area contributed by atoms with E-state index in [1.165, 1.54) is 10.4 Å². The summed E-state index contributed by atoms with van der Waals surface area (Å²) in [5.41, 5.74) is 0.842. The van der Waals surface area contributed by atoms with Crippen molar-refractivity contribution in [1.29, 1.82) is 0 Å². The first-order chi connectivity index (χ1) is 10.3. The van der Waals surface area contributed by atoms with E-state index in [9.17, 15) is 18.5 Å². The number of piperidine rings is 1. The van der Waals surface area contributed by atoms with E-state index in [0.29, 0.717) is 24.2 Å². The molecule has 1 fully saturated rings. The largest absolute Gasteiger partial charge is 0.316 e. The van der Waals surface area contributed by atoms with E-state index in [1.807, 2.05) is 7.05 Å². The molecule has 2 rings (SSSR count). The van der Waals surface area contributed by atoms with E-state index in [2.05, 4.69) is 5.32 Å². The second-order valence-corrected chi connectivity index (χ2v) is 7.56. The first-order valence-corrected chi connectivity index (χ1v) is 8.64. The Hall–Kier alpha value is -1.22. The second kappa shape index (κ2) is 7.57. The Kier molecular flexibility index (Phi) is 6.52. The van der Waals surface area contributed by atoms with Crippen LogP contribution in [0.4, 0.5) is 5.69 Å². The third kappa shape index (κ3) is 4.00. The van der Waals surface area contributed by atoms with Crippen LogP contribution in [0.2, 0.25) is 0 Å². The zero-order chi connectivity index (χ0) is 16.5. The number of nitrogens with one attached hydrogen (secondary N) is 1. The molecule has 1 unspecified atom stereocenters. The first-order valence-electron chi connectivity index (χ1n) is 7.20. The lowest BCUT2D eigenvalue weighted by Crippen LogP contribution is -2.46. The normalized spacial score (nSPS) is 19.2. The van der Waals surface area contributed by atoms with E-state index in [-0.39, 0.29) is 29.0 Å². The highest BCUT2D eigenvalue weighted by molar-refractivity contribution is 7.89. The van der Waals surface area contributed by atoms with Gasteiger partial charge in [0.15, 0.2) is 0 Å². The molecule has 1 atom stereocenters. The van der Waals surface area contributed by atoms with Gasteiger partial charge in [-0.25, -0.2) is 8.42 Å². The van der Waals surface area contributed by atoms with Crippen LogP contribution in [0.15, 0.2) is 17.0 Å². The summed E-state index contributed by atoms with van der Waals surface area (Å²) in [6.07, 6.45) is 1.70. The molecule has 9 heteroatoms. The quantitative estimate of drug-likeness (QED) is 0.652. The van der Waals surface area contributed by atoms with Crippen molar-refractivity contribution in [3.8, 4) is 0 Å². The summed E-state index contributed by atoms with van der Waals surface area (Å²) in [7, 11) is -1.91. The molecular formula is C14H22ClN3O4S. The summed E-state index contributed by atoms with van der Waals surface area (Å²) >= 11 is 0. The van der Waals surface area contributed by atoms with E-state index >= 15 is 0 Å². The van der Waals surface area contributed by atoms with Crippen molar-refractivity contribution in [3.05, 3.63) is 33.4 Å². The molecule has 1 aromatic carbocycles. The molecule has 0 aromatic heterocycles. The van der Waals surface area contributed by atoms with Gasteiger partial charge in [-0.05, 0) is 45.4 Å². The van der Waals surface area contributed by atoms with Crippen LogP contribution in [-0.4, -0.2) is 43.8 Å². The Morgan fingerprint density at radius 3 is 2.52 bits per heavy atom. The molecule has 0 bridgehead atoms. The molecule has 7 nitrogen and oxygen atoms in total. The lowest BCUT2D eigenvalue weighted by molar-refractivity contribution is -0.385. The van der Waals surface area contributed by atoms with Gasteiger partial charge in [-0.15, -0.1) is 12.4 Å². The lowest BCUT2D eigenvalue weighted by atomic mass is 10.1. The van der Waals surface area contributed by atoms with Crippen molar-refractivity contribution in [2.75, 3.05) is 20.1 Å². The molecule has 0 spiro atoms. The number of sulfonamides is 1. The predicted octanol–water partition coefficient (Wildman–Crippen LogP) is 2.01. The van der Waals surface area contributed by atoms with Crippen molar-refractivity contribution < 1.29 is 13.3 Å². The Morgan fingerprint density at radius 1 is 1.30 bits per heavy atom. The smallest absolute Gasteiger partial charge is 0.273 e. The summed E-state index contributed by atoms with van der Waals surface area (Å²) in [5.74, 6) is 0. The van der Waals surface area contributed by atoms with Gasteiger partial charge in [0.25, 0.3) is 5.69 Å². The summed E-state index contributed by atoms with van der Waals surface area (Å²) < 4.78 is 27.1. The third-order valence-electron chi connectivity index (χ3n) is 4.10. The summed E-state index contributed by atoms with van der Waals surface area (Å²) in [6, 6.07) is 2.86. The molecule has 1 aromatic rings. The van der Waals surface area contributed by atoms with Crippen LogP contribution in [-0.2, 0) is 10.0 Å². The number of rotatable bonds is 4. The van der Waals surface area contributed by atoms with Gasteiger partial charge in [-0.2, -0.15) is 4.31 Å². The molecule has 1 saturated heterocycles. The minimum atomic E-state index is -3.72. The highest BCUT2D eigenvalue weighted by Crippen LogP contribution is 2.29. The van der Waals surface area contributed by atoms with Crippen LogP contribution in [0, 0.1) is 24.0 Å². The van der Waals surface area contributed by atoms with Gasteiger partial charge in [0.05, 0.1) is 9.82 Å². The van der Waals surface area contributed by atoms with Gasteiger partial charge in [0, 0.05) is 30.8 Å². The SMILES string of the molecule is CNC1CCCN(S(=O)(=O)c2cc([N+](=O)[O-])c(C)cc2C)C1.Cl. The van der Waals surface area contributed by atoms with Crippen LogP contribution in [0.25, 0.3) is 0 Å². The van der Waals surface area contributed by atoms with Crippen molar-refractivity contribution in [1.82, 2.24) is 9.62 Å². The minimum Gasteiger partial charge on any atom is -0.316 e. The number of hydrogen-bond acceptors (Lipinski definition) is 5. The maximum atomic E-state index is 12.8. The molecule has 0 radical (unpaired) electrons. The summed E-state index contributed by atoms with van der Waals surface area (Å²) in [6.45, 7) is 4.12.